The van der Waals surface area contributed by atoms with Gasteiger partial charge in [0.15, 0.2) is 5.82 Å². The fraction of sp³-hybridized carbons (Fsp3) is 0.333. The number of nitrogens with zero attached hydrogens (tertiary/aromatic N) is 1. The number of hydrogen-bond acceptors (Lipinski definition) is 5. The summed E-state index contributed by atoms with van der Waals surface area (Å²) < 4.78 is 4.81. The summed E-state index contributed by atoms with van der Waals surface area (Å²) in [4.78, 5) is 15.4. The molecule has 0 aliphatic heterocycles. The molecule has 0 spiro atoms. The number of pyridine rings is 1. The van der Waals surface area contributed by atoms with Crippen molar-refractivity contribution in [1.82, 2.24) is 10.3 Å². The number of nitrogens with one attached hydrogen (secondary N) is 2. The molecule has 0 atom stereocenters. The highest BCUT2D eigenvalue weighted by Crippen LogP contribution is 2.18. The summed E-state index contributed by atoms with van der Waals surface area (Å²) in [6.07, 6.45) is 1.39. The van der Waals surface area contributed by atoms with Crippen molar-refractivity contribution in [3.05, 3.63) is 22.8 Å². The number of rotatable bonds is 5. The smallest absolute Gasteiger partial charge is 0.252 e. The van der Waals surface area contributed by atoms with Gasteiger partial charge in [-0.1, -0.05) is 11.6 Å². The van der Waals surface area contributed by atoms with Gasteiger partial charge < -0.3 is 15.5 Å². The van der Waals surface area contributed by atoms with E-state index >= 15 is 0 Å². The maximum atomic E-state index is 11.6. The Morgan fingerprint density at radius 1 is 1.69 bits per heavy atom. The summed E-state index contributed by atoms with van der Waals surface area (Å²) in [6.45, 7) is 0.888. The van der Waals surface area contributed by atoms with Crippen LogP contribution in [0.4, 0.5) is 5.82 Å². The van der Waals surface area contributed by atoms with Crippen molar-refractivity contribution in [2.24, 2.45) is 5.84 Å². The number of hydrazine groups is 1. The van der Waals surface area contributed by atoms with Gasteiger partial charge in [-0.25, -0.2) is 10.8 Å². The minimum absolute atomic E-state index is 0.255. The minimum Gasteiger partial charge on any atom is -0.383 e. The molecule has 0 bridgehead atoms. The third-order valence-corrected chi connectivity index (χ3v) is 2.12. The number of carbonyl (C=O) groups is 1. The maximum absolute atomic E-state index is 11.6. The van der Waals surface area contributed by atoms with Gasteiger partial charge in [0.2, 0.25) is 0 Å². The van der Waals surface area contributed by atoms with E-state index in [0.717, 1.165) is 0 Å². The number of hydrogen-bond donors (Lipinski definition) is 3. The lowest BCUT2D eigenvalue weighted by Crippen LogP contribution is -2.27. The number of nitrogen functional groups attached to an aromatic ring is 1. The van der Waals surface area contributed by atoms with Crippen molar-refractivity contribution in [3.63, 3.8) is 0 Å². The average molecular weight is 245 g/mol. The number of carbonyl (C=O) groups excluding carboxylic acids is 1. The number of anilines is 1. The van der Waals surface area contributed by atoms with Crippen molar-refractivity contribution < 1.29 is 9.53 Å². The van der Waals surface area contributed by atoms with Crippen LogP contribution in [0.25, 0.3) is 0 Å². The van der Waals surface area contributed by atoms with Gasteiger partial charge in [-0.15, -0.1) is 0 Å². The summed E-state index contributed by atoms with van der Waals surface area (Å²) in [6, 6.07) is 1.49. The van der Waals surface area contributed by atoms with Crippen molar-refractivity contribution in [3.8, 4) is 0 Å². The molecule has 0 aliphatic carbocycles. The first-order valence-corrected chi connectivity index (χ1v) is 4.96. The number of ether oxygens (including phenoxy) is 1. The SMILES string of the molecule is COCCNC(=O)c1cnc(NN)c(Cl)c1. The summed E-state index contributed by atoms with van der Waals surface area (Å²) in [5, 5.41) is 2.94. The number of halogens is 1. The second-order valence-electron chi connectivity index (χ2n) is 2.95. The molecule has 4 N–H and O–H groups in total. The van der Waals surface area contributed by atoms with Crippen molar-refractivity contribution in [2.45, 2.75) is 0 Å². The highest BCUT2D eigenvalue weighted by Gasteiger charge is 2.08. The third kappa shape index (κ3) is 3.34. The molecule has 1 rings (SSSR count). The fourth-order valence-electron chi connectivity index (χ4n) is 1.04. The van der Waals surface area contributed by atoms with E-state index in [9.17, 15) is 4.79 Å². The first-order chi connectivity index (χ1) is 7.69. The zero-order chi connectivity index (χ0) is 12.0. The summed E-state index contributed by atoms with van der Waals surface area (Å²) in [7, 11) is 1.56. The molecular formula is C9H13ClN4O2. The number of nitrogens with two attached hydrogens (primary N) is 1. The van der Waals surface area contributed by atoms with Crippen molar-refractivity contribution in [2.75, 3.05) is 25.7 Å². The number of aromatic nitrogens is 1. The Hall–Kier alpha value is -1.37. The van der Waals surface area contributed by atoms with E-state index in [2.05, 4.69) is 15.7 Å². The predicted octanol–water partition coefficient (Wildman–Crippen LogP) is 0.397. The van der Waals surface area contributed by atoms with Crippen LogP contribution in [0.15, 0.2) is 12.3 Å². The first-order valence-electron chi connectivity index (χ1n) is 4.58. The van der Waals surface area contributed by atoms with Gasteiger partial charge in [-0.05, 0) is 6.07 Å². The minimum atomic E-state index is -0.255. The lowest BCUT2D eigenvalue weighted by molar-refractivity contribution is 0.0937. The molecule has 1 aromatic rings. The Labute approximate surface area is 98.1 Å². The molecule has 6 nitrogen and oxygen atoms in total. The van der Waals surface area contributed by atoms with Crippen molar-refractivity contribution >= 4 is 23.3 Å². The van der Waals surface area contributed by atoms with E-state index in [-0.39, 0.29) is 5.91 Å². The van der Waals surface area contributed by atoms with E-state index in [1.165, 1.54) is 12.3 Å². The van der Waals surface area contributed by atoms with Gasteiger partial charge in [0.05, 0.1) is 17.2 Å². The Morgan fingerprint density at radius 2 is 2.44 bits per heavy atom. The number of amides is 1. The Balaban J connectivity index is 2.66. The zero-order valence-corrected chi connectivity index (χ0v) is 9.54. The molecular weight excluding hydrogens is 232 g/mol. The molecule has 0 radical (unpaired) electrons. The quantitative estimate of drug-likeness (QED) is 0.396. The number of methoxy groups -OCH3 is 1. The lowest BCUT2D eigenvalue weighted by atomic mass is 10.2. The molecule has 0 aliphatic rings. The Bertz CT molecular complexity index is 373. The van der Waals surface area contributed by atoms with E-state index in [1.807, 2.05) is 0 Å². The Kier molecular flexibility index (Phi) is 4.97. The van der Waals surface area contributed by atoms with Gasteiger partial charge in [0.1, 0.15) is 0 Å². The molecule has 0 aromatic carbocycles. The van der Waals surface area contributed by atoms with Crippen LogP contribution in [-0.2, 0) is 4.74 Å². The van der Waals surface area contributed by atoms with E-state index in [1.54, 1.807) is 7.11 Å². The lowest BCUT2D eigenvalue weighted by Gasteiger charge is -2.06. The molecule has 0 fully saturated rings. The standard InChI is InChI=1S/C9H13ClN4O2/c1-16-3-2-12-9(15)6-4-7(10)8(14-11)13-5-6/h4-5H,2-3,11H2,1H3,(H,12,15)(H,13,14). The zero-order valence-electron chi connectivity index (χ0n) is 8.79. The average Bonchev–Trinajstić information content (AvgIpc) is 2.29. The van der Waals surface area contributed by atoms with Crippen LogP contribution in [-0.4, -0.2) is 31.2 Å². The summed E-state index contributed by atoms with van der Waals surface area (Å²) in [5.74, 6) is 5.24. The van der Waals surface area contributed by atoms with Gasteiger partial charge in [0.25, 0.3) is 5.91 Å². The molecule has 0 saturated carbocycles. The van der Waals surface area contributed by atoms with Crippen molar-refractivity contribution in [1.29, 1.82) is 0 Å². The summed E-state index contributed by atoms with van der Waals surface area (Å²) in [5.41, 5.74) is 2.69. The monoisotopic (exact) mass is 244 g/mol. The second kappa shape index (κ2) is 6.26. The predicted molar refractivity (Wildman–Crippen MR) is 61.3 cm³/mol. The summed E-state index contributed by atoms with van der Waals surface area (Å²) >= 11 is 5.83. The van der Waals surface area contributed by atoms with Crippen LogP contribution in [0.1, 0.15) is 10.4 Å². The van der Waals surface area contributed by atoms with E-state index in [4.69, 9.17) is 22.2 Å². The van der Waals surface area contributed by atoms with Crippen LogP contribution in [0.5, 0.6) is 0 Å². The van der Waals surface area contributed by atoms with Crippen LogP contribution in [0, 0.1) is 0 Å². The van der Waals surface area contributed by atoms with Gasteiger partial charge >= 0.3 is 0 Å². The second-order valence-corrected chi connectivity index (χ2v) is 3.35. The van der Waals surface area contributed by atoms with E-state index in [0.29, 0.717) is 29.6 Å². The normalized spacial score (nSPS) is 9.94. The van der Waals surface area contributed by atoms with Crippen LogP contribution < -0.4 is 16.6 Å². The van der Waals surface area contributed by atoms with Crippen LogP contribution in [0.2, 0.25) is 5.02 Å². The third-order valence-electron chi connectivity index (χ3n) is 1.83. The molecule has 88 valence electrons. The Morgan fingerprint density at radius 3 is 3.00 bits per heavy atom. The van der Waals surface area contributed by atoms with Crippen LogP contribution in [0.3, 0.4) is 0 Å². The van der Waals surface area contributed by atoms with Gasteiger partial charge in [-0.3, -0.25) is 4.79 Å². The largest absolute Gasteiger partial charge is 0.383 e. The molecule has 1 amide bonds. The molecule has 16 heavy (non-hydrogen) atoms. The molecule has 1 heterocycles. The van der Waals surface area contributed by atoms with Gasteiger partial charge in [0, 0.05) is 19.9 Å². The first kappa shape index (κ1) is 12.7. The van der Waals surface area contributed by atoms with Gasteiger partial charge in [-0.2, -0.15) is 0 Å². The molecule has 1 aromatic heterocycles. The molecule has 0 unspecified atom stereocenters. The molecule has 7 heteroatoms. The topological polar surface area (TPSA) is 89.3 Å². The van der Waals surface area contributed by atoms with E-state index < -0.39 is 0 Å². The highest BCUT2D eigenvalue weighted by atomic mass is 35.5. The van der Waals surface area contributed by atoms with Crippen LogP contribution >= 0.6 is 11.6 Å². The maximum Gasteiger partial charge on any atom is 0.252 e. The fourth-order valence-corrected chi connectivity index (χ4v) is 1.26. The highest BCUT2D eigenvalue weighted by molar-refractivity contribution is 6.33. The molecule has 0 saturated heterocycles.